The summed E-state index contributed by atoms with van der Waals surface area (Å²) in [5.41, 5.74) is 9.55. The van der Waals surface area contributed by atoms with Gasteiger partial charge in [0.2, 0.25) is 0 Å². The third-order valence-electron chi connectivity index (χ3n) is 3.07. The Hall–Kier alpha value is -1.94. The Bertz CT molecular complexity index is 612. The molecular weight excluding hydrogens is 266 g/mol. The lowest BCUT2D eigenvalue weighted by Gasteiger charge is -2.19. The van der Waals surface area contributed by atoms with Gasteiger partial charge in [0.1, 0.15) is 10.7 Å². The minimum absolute atomic E-state index is 0.150. The van der Waals surface area contributed by atoms with Crippen molar-refractivity contribution in [3.8, 4) is 0 Å². The Kier molecular flexibility index (Phi) is 4.04. The SMILES string of the molecule is CC(C)(C)c1ccc(Nc2cccnc2C(N)=S)cc1. The number of aromatic nitrogens is 1. The van der Waals surface area contributed by atoms with Gasteiger partial charge < -0.3 is 11.1 Å². The van der Waals surface area contributed by atoms with Crippen LogP contribution in [0.2, 0.25) is 0 Å². The maximum atomic E-state index is 5.68. The number of hydrogen-bond acceptors (Lipinski definition) is 3. The van der Waals surface area contributed by atoms with E-state index in [9.17, 15) is 0 Å². The van der Waals surface area contributed by atoms with Crippen LogP contribution in [0.4, 0.5) is 11.4 Å². The molecule has 0 aliphatic carbocycles. The Morgan fingerprint density at radius 1 is 1.15 bits per heavy atom. The molecule has 104 valence electrons. The zero-order chi connectivity index (χ0) is 14.8. The van der Waals surface area contributed by atoms with Crippen LogP contribution in [0.3, 0.4) is 0 Å². The Labute approximate surface area is 125 Å². The highest BCUT2D eigenvalue weighted by atomic mass is 32.1. The third-order valence-corrected chi connectivity index (χ3v) is 3.26. The van der Waals surface area contributed by atoms with Gasteiger partial charge in [-0.25, -0.2) is 0 Å². The summed E-state index contributed by atoms with van der Waals surface area (Å²) < 4.78 is 0. The number of anilines is 2. The molecule has 1 aromatic carbocycles. The average Bonchev–Trinajstić information content (AvgIpc) is 2.38. The minimum atomic E-state index is 0.150. The molecule has 0 amide bonds. The van der Waals surface area contributed by atoms with Gasteiger partial charge in [0.15, 0.2) is 0 Å². The normalized spacial score (nSPS) is 11.2. The smallest absolute Gasteiger partial charge is 0.124 e. The Morgan fingerprint density at radius 2 is 1.80 bits per heavy atom. The van der Waals surface area contributed by atoms with Gasteiger partial charge in [-0.2, -0.15) is 0 Å². The topological polar surface area (TPSA) is 50.9 Å². The van der Waals surface area contributed by atoms with Crippen LogP contribution < -0.4 is 11.1 Å². The molecule has 2 rings (SSSR count). The number of nitrogens with one attached hydrogen (secondary N) is 1. The predicted octanol–water partition coefficient (Wildman–Crippen LogP) is 3.76. The fourth-order valence-corrected chi connectivity index (χ4v) is 2.07. The molecule has 0 radical (unpaired) electrons. The first-order chi connectivity index (χ1) is 9.38. The molecule has 0 aliphatic rings. The van der Waals surface area contributed by atoms with Gasteiger partial charge in [0.05, 0.1) is 5.69 Å². The highest BCUT2D eigenvalue weighted by molar-refractivity contribution is 7.80. The van der Waals surface area contributed by atoms with E-state index in [0.29, 0.717) is 10.7 Å². The van der Waals surface area contributed by atoms with Crippen molar-refractivity contribution in [3.05, 3.63) is 53.9 Å². The molecule has 1 aromatic heterocycles. The molecule has 0 fully saturated rings. The van der Waals surface area contributed by atoms with Crippen molar-refractivity contribution in [2.45, 2.75) is 26.2 Å². The quantitative estimate of drug-likeness (QED) is 0.843. The van der Waals surface area contributed by atoms with Crippen molar-refractivity contribution in [2.75, 3.05) is 5.32 Å². The van der Waals surface area contributed by atoms with Crippen LogP contribution in [-0.2, 0) is 5.41 Å². The van der Waals surface area contributed by atoms with E-state index in [-0.39, 0.29) is 5.41 Å². The van der Waals surface area contributed by atoms with E-state index in [1.54, 1.807) is 6.20 Å². The number of nitrogens with zero attached hydrogens (tertiary/aromatic N) is 1. The zero-order valence-electron chi connectivity index (χ0n) is 12.0. The van der Waals surface area contributed by atoms with Crippen molar-refractivity contribution in [3.63, 3.8) is 0 Å². The van der Waals surface area contributed by atoms with Crippen molar-refractivity contribution in [1.82, 2.24) is 4.98 Å². The van der Waals surface area contributed by atoms with E-state index in [2.05, 4.69) is 55.3 Å². The summed E-state index contributed by atoms with van der Waals surface area (Å²) in [6.45, 7) is 6.59. The second kappa shape index (κ2) is 5.59. The molecule has 0 spiro atoms. The van der Waals surface area contributed by atoms with E-state index >= 15 is 0 Å². The van der Waals surface area contributed by atoms with Gasteiger partial charge in [0.25, 0.3) is 0 Å². The van der Waals surface area contributed by atoms with E-state index in [4.69, 9.17) is 18.0 Å². The standard InChI is InChI=1S/C16H19N3S/c1-16(2,3)11-6-8-12(9-7-11)19-13-5-4-10-18-14(13)15(17)20/h4-10,19H,1-3H3,(H2,17,20). The van der Waals surface area contributed by atoms with Crippen LogP contribution in [0, 0.1) is 0 Å². The van der Waals surface area contributed by atoms with E-state index < -0.39 is 0 Å². The number of pyridine rings is 1. The first-order valence-corrected chi connectivity index (χ1v) is 6.91. The molecule has 2 aromatic rings. The summed E-state index contributed by atoms with van der Waals surface area (Å²) in [7, 11) is 0. The van der Waals surface area contributed by atoms with Gasteiger partial charge in [-0.1, -0.05) is 45.1 Å². The predicted molar refractivity (Wildman–Crippen MR) is 88.5 cm³/mol. The summed E-state index contributed by atoms with van der Waals surface area (Å²) in [6, 6.07) is 12.1. The van der Waals surface area contributed by atoms with Gasteiger partial charge in [0, 0.05) is 11.9 Å². The van der Waals surface area contributed by atoms with Crippen LogP contribution >= 0.6 is 12.2 Å². The van der Waals surface area contributed by atoms with E-state index in [1.807, 2.05) is 12.1 Å². The first-order valence-electron chi connectivity index (χ1n) is 6.50. The summed E-state index contributed by atoms with van der Waals surface area (Å²) in [4.78, 5) is 4.49. The minimum Gasteiger partial charge on any atom is -0.388 e. The highest BCUT2D eigenvalue weighted by Crippen LogP contribution is 2.25. The van der Waals surface area contributed by atoms with Crippen molar-refractivity contribution in [2.24, 2.45) is 5.73 Å². The number of rotatable bonds is 3. The summed E-state index contributed by atoms with van der Waals surface area (Å²) in [6.07, 6.45) is 1.68. The Balaban J connectivity index is 2.25. The molecule has 0 aliphatic heterocycles. The molecule has 0 bridgehead atoms. The summed E-state index contributed by atoms with van der Waals surface area (Å²) in [5, 5.41) is 3.30. The molecule has 3 N–H and O–H groups in total. The number of hydrogen-bond donors (Lipinski definition) is 2. The molecule has 0 saturated carbocycles. The average molecular weight is 285 g/mol. The molecule has 20 heavy (non-hydrogen) atoms. The molecule has 0 atom stereocenters. The van der Waals surface area contributed by atoms with Gasteiger partial charge in [-0.05, 0) is 35.2 Å². The second-order valence-corrected chi connectivity index (χ2v) is 6.16. The molecule has 1 heterocycles. The number of nitrogens with two attached hydrogens (primary N) is 1. The molecule has 0 saturated heterocycles. The lowest BCUT2D eigenvalue weighted by atomic mass is 9.87. The number of thiocarbonyl (C=S) groups is 1. The van der Waals surface area contributed by atoms with Crippen LogP contribution in [0.15, 0.2) is 42.6 Å². The van der Waals surface area contributed by atoms with Crippen molar-refractivity contribution < 1.29 is 0 Å². The van der Waals surface area contributed by atoms with Gasteiger partial charge in [-0.3, -0.25) is 4.98 Å². The fourth-order valence-electron chi connectivity index (χ4n) is 1.91. The maximum absolute atomic E-state index is 5.68. The lowest BCUT2D eigenvalue weighted by Crippen LogP contribution is -2.14. The van der Waals surface area contributed by atoms with Crippen LogP contribution in [0.25, 0.3) is 0 Å². The molecule has 4 heteroatoms. The van der Waals surface area contributed by atoms with Crippen LogP contribution in [0.1, 0.15) is 32.0 Å². The highest BCUT2D eigenvalue weighted by Gasteiger charge is 2.13. The zero-order valence-corrected chi connectivity index (χ0v) is 12.8. The number of benzene rings is 1. The second-order valence-electron chi connectivity index (χ2n) is 5.72. The maximum Gasteiger partial charge on any atom is 0.124 e. The van der Waals surface area contributed by atoms with Gasteiger partial charge in [-0.15, -0.1) is 0 Å². The summed E-state index contributed by atoms with van der Waals surface area (Å²) in [5.74, 6) is 0. The van der Waals surface area contributed by atoms with E-state index in [1.165, 1.54) is 5.56 Å². The Morgan fingerprint density at radius 3 is 2.35 bits per heavy atom. The van der Waals surface area contributed by atoms with Crippen molar-refractivity contribution in [1.29, 1.82) is 0 Å². The van der Waals surface area contributed by atoms with Crippen molar-refractivity contribution >= 4 is 28.6 Å². The van der Waals surface area contributed by atoms with Crippen LogP contribution in [-0.4, -0.2) is 9.97 Å². The lowest BCUT2D eigenvalue weighted by molar-refractivity contribution is 0.590. The molecule has 0 unspecified atom stereocenters. The van der Waals surface area contributed by atoms with Crippen LogP contribution in [0.5, 0.6) is 0 Å². The summed E-state index contributed by atoms with van der Waals surface area (Å²) >= 11 is 5.01. The largest absolute Gasteiger partial charge is 0.388 e. The molecular formula is C16H19N3S. The van der Waals surface area contributed by atoms with E-state index in [0.717, 1.165) is 11.4 Å². The van der Waals surface area contributed by atoms with Gasteiger partial charge >= 0.3 is 0 Å². The fraction of sp³-hybridized carbons (Fsp3) is 0.250. The molecule has 3 nitrogen and oxygen atoms in total. The first kappa shape index (κ1) is 14.5. The third kappa shape index (κ3) is 3.33. The monoisotopic (exact) mass is 285 g/mol.